The molecule has 8 heteroatoms. The van der Waals surface area contributed by atoms with Gasteiger partial charge in [-0.25, -0.2) is 5.43 Å². The molecule has 118 valence electrons. The lowest BCUT2D eigenvalue weighted by atomic mass is 10.1. The standard InChI is InChI=1S/C15H11Cl2N3O3/c1-9(10-2-5-12(6-3-10)20(22)23)18-19-15(21)13-7-4-11(16)8-14(13)17/h2-8H,1H3,(H,19,21)/b18-9+. The van der Waals surface area contributed by atoms with Crippen LogP contribution in [0.4, 0.5) is 5.69 Å². The van der Waals surface area contributed by atoms with Crippen molar-refractivity contribution in [2.75, 3.05) is 0 Å². The van der Waals surface area contributed by atoms with Gasteiger partial charge in [0.05, 0.1) is 21.2 Å². The number of nitro groups is 1. The number of carbonyl (C=O) groups is 1. The van der Waals surface area contributed by atoms with Crippen molar-refractivity contribution in [2.24, 2.45) is 5.10 Å². The molecule has 23 heavy (non-hydrogen) atoms. The van der Waals surface area contributed by atoms with Gasteiger partial charge >= 0.3 is 0 Å². The number of non-ortho nitro benzene ring substituents is 1. The van der Waals surface area contributed by atoms with E-state index in [-0.39, 0.29) is 16.3 Å². The third kappa shape index (κ3) is 4.28. The van der Waals surface area contributed by atoms with E-state index in [9.17, 15) is 14.9 Å². The Labute approximate surface area is 141 Å². The Morgan fingerprint density at radius 1 is 1.17 bits per heavy atom. The summed E-state index contributed by atoms with van der Waals surface area (Å²) in [6, 6.07) is 10.4. The van der Waals surface area contributed by atoms with E-state index >= 15 is 0 Å². The van der Waals surface area contributed by atoms with Crippen molar-refractivity contribution >= 4 is 40.5 Å². The molecule has 2 aromatic carbocycles. The Balaban J connectivity index is 2.12. The summed E-state index contributed by atoms with van der Waals surface area (Å²) in [6.45, 7) is 1.67. The van der Waals surface area contributed by atoms with Crippen molar-refractivity contribution in [3.05, 3.63) is 73.8 Å². The highest BCUT2D eigenvalue weighted by molar-refractivity contribution is 6.36. The highest BCUT2D eigenvalue weighted by atomic mass is 35.5. The number of hydrogen-bond acceptors (Lipinski definition) is 4. The lowest BCUT2D eigenvalue weighted by Crippen LogP contribution is -2.19. The molecular weight excluding hydrogens is 341 g/mol. The van der Waals surface area contributed by atoms with E-state index in [1.165, 1.54) is 24.3 Å². The molecule has 0 saturated carbocycles. The predicted octanol–water partition coefficient (Wildman–Crippen LogP) is 4.06. The van der Waals surface area contributed by atoms with Gasteiger partial charge in [-0.2, -0.15) is 5.10 Å². The van der Waals surface area contributed by atoms with E-state index < -0.39 is 10.8 Å². The second-order valence-electron chi connectivity index (χ2n) is 4.57. The monoisotopic (exact) mass is 351 g/mol. The molecule has 0 aliphatic heterocycles. The first kappa shape index (κ1) is 16.9. The van der Waals surface area contributed by atoms with E-state index in [1.807, 2.05) is 0 Å². The van der Waals surface area contributed by atoms with Crippen molar-refractivity contribution in [1.82, 2.24) is 5.43 Å². The molecule has 0 spiro atoms. The Kier molecular flexibility index (Phi) is 5.31. The SMILES string of the molecule is C/C(=N\NC(=O)c1ccc(Cl)cc1Cl)c1ccc([N+](=O)[O-])cc1. The van der Waals surface area contributed by atoms with E-state index in [1.54, 1.807) is 25.1 Å². The summed E-state index contributed by atoms with van der Waals surface area (Å²) < 4.78 is 0. The van der Waals surface area contributed by atoms with Crippen molar-refractivity contribution in [1.29, 1.82) is 0 Å². The topological polar surface area (TPSA) is 84.6 Å². The molecular formula is C15H11Cl2N3O3. The molecule has 0 heterocycles. The Morgan fingerprint density at radius 2 is 1.83 bits per heavy atom. The number of hydrogen-bond donors (Lipinski definition) is 1. The number of rotatable bonds is 4. The molecule has 1 N–H and O–H groups in total. The summed E-state index contributed by atoms with van der Waals surface area (Å²) in [7, 11) is 0. The van der Waals surface area contributed by atoms with Crippen LogP contribution in [0, 0.1) is 10.1 Å². The minimum absolute atomic E-state index is 0.0152. The van der Waals surface area contributed by atoms with Crippen molar-refractivity contribution in [2.45, 2.75) is 6.92 Å². The average Bonchev–Trinajstić information content (AvgIpc) is 2.52. The maximum atomic E-state index is 12.0. The van der Waals surface area contributed by atoms with Gasteiger partial charge in [0.15, 0.2) is 0 Å². The highest BCUT2D eigenvalue weighted by Crippen LogP contribution is 2.20. The number of halogens is 2. The molecule has 0 fully saturated rings. The maximum Gasteiger partial charge on any atom is 0.272 e. The highest BCUT2D eigenvalue weighted by Gasteiger charge is 2.10. The summed E-state index contributed by atoms with van der Waals surface area (Å²) >= 11 is 11.7. The molecule has 1 amide bonds. The van der Waals surface area contributed by atoms with Crippen molar-refractivity contribution < 1.29 is 9.72 Å². The number of amides is 1. The number of nitrogens with zero attached hydrogens (tertiary/aromatic N) is 2. The van der Waals surface area contributed by atoms with Gasteiger partial charge in [0.2, 0.25) is 0 Å². The first-order chi connectivity index (χ1) is 10.9. The van der Waals surface area contributed by atoms with Crippen LogP contribution in [0.15, 0.2) is 47.6 Å². The quantitative estimate of drug-likeness (QED) is 0.512. The third-order valence-corrected chi connectivity index (χ3v) is 3.54. The van der Waals surface area contributed by atoms with Crippen LogP contribution in [0.1, 0.15) is 22.8 Å². The zero-order valence-corrected chi connectivity index (χ0v) is 13.4. The molecule has 2 aromatic rings. The maximum absolute atomic E-state index is 12.0. The molecule has 0 aromatic heterocycles. The first-order valence-electron chi connectivity index (χ1n) is 6.43. The molecule has 2 rings (SSSR count). The number of nitrogens with one attached hydrogen (secondary N) is 1. The fourth-order valence-corrected chi connectivity index (χ4v) is 2.25. The Hall–Kier alpha value is -2.44. The number of benzene rings is 2. The molecule has 0 bridgehead atoms. The second kappa shape index (κ2) is 7.21. The largest absolute Gasteiger partial charge is 0.272 e. The number of carbonyl (C=O) groups excluding carboxylic acids is 1. The summed E-state index contributed by atoms with van der Waals surface area (Å²) in [4.78, 5) is 22.1. The lowest BCUT2D eigenvalue weighted by molar-refractivity contribution is -0.384. The zero-order valence-electron chi connectivity index (χ0n) is 11.9. The van der Waals surface area contributed by atoms with E-state index in [4.69, 9.17) is 23.2 Å². The molecule has 6 nitrogen and oxygen atoms in total. The van der Waals surface area contributed by atoms with Gasteiger partial charge in [-0.05, 0) is 42.8 Å². The molecule has 0 aliphatic rings. The Morgan fingerprint density at radius 3 is 2.39 bits per heavy atom. The average molecular weight is 352 g/mol. The van der Waals surface area contributed by atoms with Gasteiger partial charge in [-0.15, -0.1) is 0 Å². The van der Waals surface area contributed by atoms with Crippen LogP contribution in [-0.4, -0.2) is 16.5 Å². The third-order valence-electron chi connectivity index (χ3n) is 3.00. The van der Waals surface area contributed by atoms with Gasteiger partial charge in [-0.1, -0.05) is 23.2 Å². The van der Waals surface area contributed by atoms with Gasteiger partial charge in [-0.3, -0.25) is 14.9 Å². The van der Waals surface area contributed by atoms with Crippen LogP contribution in [0.3, 0.4) is 0 Å². The summed E-state index contributed by atoms with van der Waals surface area (Å²) in [6.07, 6.45) is 0. The van der Waals surface area contributed by atoms with Crippen molar-refractivity contribution in [3.8, 4) is 0 Å². The van der Waals surface area contributed by atoms with E-state index in [0.717, 1.165) is 0 Å². The van der Waals surface area contributed by atoms with Crippen LogP contribution in [-0.2, 0) is 0 Å². The van der Waals surface area contributed by atoms with E-state index in [0.29, 0.717) is 16.3 Å². The number of nitro benzene ring substituents is 1. The normalized spacial score (nSPS) is 11.2. The molecule has 0 radical (unpaired) electrons. The summed E-state index contributed by atoms with van der Waals surface area (Å²) in [5.74, 6) is -0.479. The van der Waals surface area contributed by atoms with Crippen LogP contribution in [0.2, 0.25) is 10.0 Å². The lowest BCUT2D eigenvalue weighted by Gasteiger charge is -2.05. The minimum Gasteiger partial charge on any atom is -0.267 e. The first-order valence-corrected chi connectivity index (χ1v) is 7.18. The Bertz CT molecular complexity index is 789. The predicted molar refractivity (Wildman–Crippen MR) is 89.2 cm³/mol. The van der Waals surface area contributed by atoms with E-state index in [2.05, 4.69) is 10.5 Å². The molecule has 0 aliphatic carbocycles. The molecule has 0 saturated heterocycles. The van der Waals surface area contributed by atoms with Crippen LogP contribution in [0.25, 0.3) is 0 Å². The fraction of sp³-hybridized carbons (Fsp3) is 0.0667. The number of hydrazone groups is 1. The zero-order chi connectivity index (χ0) is 17.0. The summed E-state index contributed by atoms with van der Waals surface area (Å²) in [5, 5.41) is 15.2. The molecule has 0 unspecified atom stereocenters. The summed E-state index contributed by atoms with van der Waals surface area (Å²) in [5.41, 5.74) is 3.76. The second-order valence-corrected chi connectivity index (χ2v) is 5.41. The van der Waals surface area contributed by atoms with Gasteiger partial charge < -0.3 is 0 Å². The van der Waals surface area contributed by atoms with Gasteiger partial charge in [0.1, 0.15) is 0 Å². The van der Waals surface area contributed by atoms with Crippen LogP contribution in [0.5, 0.6) is 0 Å². The van der Waals surface area contributed by atoms with Crippen LogP contribution >= 0.6 is 23.2 Å². The fourth-order valence-electron chi connectivity index (χ4n) is 1.76. The van der Waals surface area contributed by atoms with Gasteiger partial charge in [0.25, 0.3) is 11.6 Å². The smallest absolute Gasteiger partial charge is 0.267 e. The van der Waals surface area contributed by atoms with Crippen molar-refractivity contribution in [3.63, 3.8) is 0 Å². The molecule has 0 atom stereocenters. The minimum atomic E-state index is -0.486. The van der Waals surface area contributed by atoms with Crippen LogP contribution < -0.4 is 5.43 Å². The van der Waals surface area contributed by atoms with Gasteiger partial charge in [0, 0.05) is 17.2 Å².